The van der Waals surface area contributed by atoms with Gasteiger partial charge in [-0.25, -0.2) is 15.0 Å². The second-order valence-electron chi connectivity index (χ2n) is 16.3. The van der Waals surface area contributed by atoms with Gasteiger partial charge in [0.05, 0.1) is 0 Å². The van der Waals surface area contributed by atoms with Crippen molar-refractivity contribution in [3.05, 3.63) is 237 Å². The zero-order chi connectivity index (χ0) is 42.4. The topological polar surface area (TPSA) is 38.7 Å². The summed E-state index contributed by atoms with van der Waals surface area (Å²) in [6.45, 7) is 0. The number of rotatable bonds is 7. The molecule has 0 radical (unpaired) electrons. The summed E-state index contributed by atoms with van der Waals surface area (Å²) >= 11 is 0. The summed E-state index contributed by atoms with van der Waals surface area (Å²) in [7, 11) is 0. The summed E-state index contributed by atoms with van der Waals surface area (Å²) < 4.78 is 0. The summed E-state index contributed by atoms with van der Waals surface area (Å²) in [6, 6.07) is 84.4. The molecule has 12 rings (SSSR count). The fourth-order valence-electron chi connectivity index (χ4n) is 9.38. The van der Waals surface area contributed by atoms with Gasteiger partial charge in [0.15, 0.2) is 17.5 Å². The monoisotopic (exact) mass is 813 g/mol. The first-order valence-corrected chi connectivity index (χ1v) is 21.8. The van der Waals surface area contributed by atoms with E-state index in [9.17, 15) is 0 Å². The van der Waals surface area contributed by atoms with Crippen LogP contribution in [0.25, 0.3) is 122 Å². The quantitative estimate of drug-likeness (QED) is 0.150. The van der Waals surface area contributed by atoms with Crippen molar-refractivity contribution in [2.45, 2.75) is 0 Å². The van der Waals surface area contributed by atoms with Crippen molar-refractivity contribution in [3.63, 3.8) is 0 Å². The van der Waals surface area contributed by atoms with Crippen LogP contribution in [0.15, 0.2) is 237 Å². The third kappa shape index (κ3) is 6.68. The lowest BCUT2D eigenvalue weighted by molar-refractivity contribution is 1.07. The maximum Gasteiger partial charge on any atom is 0.164 e. The van der Waals surface area contributed by atoms with Crippen LogP contribution in [0.2, 0.25) is 0 Å². The molecule has 1 aromatic heterocycles. The van der Waals surface area contributed by atoms with Crippen molar-refractivity contribution in [1.29, 1.82) is 0 Å². The highest BCUT2D eigenvalue weighted by Gasteiger charge is 2.17. The van der Waals surface area contributed by atoms with Gasteiger partial charge >= 0.3 is 0 Å². The zero-order valence-electron chi connectivity index (χ0n) is 34.9. The van der Waals surface area contributed by atoms with Crippen LogP contribution in [0, 0.1) is 0 Å². The maximum atomic E-state index is 5.11. The highest BCUT2D eigenvalue weighted by Crippen LogP contribution is 2.42. The lowest BCUT2D eigenvalue weighted by Crippen LogP contribution is -2.00. The standard InChI is InChI=1S/C61H39N3/c1-3-15-40(16-4-1)45-20-14-23-49(38-45)61-63-59(43-18-5-2-6-19-43)62-60(64-61)44-31-29-42(30-32-44)51-35-33-41-17-7-8-24-50(41)58(51)48-22-13-21-46(37-48)47-34-36-56-54-27-10-9-25-52(54)53-26-11-12-28-55(53)57(56)39-47/h1-39H. The molecule has 0 bridgehead atoms. The second-order valence-corrected chi connectivity index (χ2v) is 16.3. The molecule has 64 heavy (non-hydrogen) atoms. The molecule has 0 saturated heterocycles. The summed E-state index contributed by atoms with van der Waals surface area (Å²) in [5, 5.41) is 10.1. The molecule has 1 heterocycles. The van der Waals surface area contributed by atoms with Crippen molar-refractivity contribution in [3.8, 4) is 78.7 Å². The average Bonchev–Trinajstić information content (AvgIpc) is 3.39. The van der Waals surface area contributed by atoms with Gasteiger partial charge in [-0.2, -0.15) is 0 Å². The maximum absolute atomic E-state index is 5.11. The summed E-state index contributed by atoms with van der Waals surface area (Å²) in [6.07, 6.45) is 0. The number of aromatic nitrogens is 3. The van der Waals surface area contributed by atoms with E-state index in [0.717, 1.165) is 38.9 Å². The number of nitrogens with zero attached hydrogens (tertiary/aromatic N) is 3. The van der Waals surface area contributed by atoms with Gasteiger partial charge in [0.25, 0.3) is 0 Å². The molecule has 0 N–H and O–H groups in total. The minimum atomic E-state index is 0.628. The van der Waals surface area contributed by atoms with E-state index in [0.29, 0.717) is 17.5 Å². The molecule has 0 aliphatic carbocycles. The van der Waals surface area contributed by atoms with Crippen LogP contribution in [-0.2, 0) is 0 Å². The molecular formula is C61H39N3. The van der Waals surface area contributed by atoms with E-state index >= 15 is 0 Å². The van der Waals surface area contributed by atoms with Gasteiger partial charge in [-0.15, -0.1) is 0 Å². The van der Waals surface area contributed by atoms with Gasteiger partial charge in [-0.3, -0.25) is 0 Å². The molecular weight excluding hydrogens is 775 g/mol. The van der Waals surface area contributed by atoms with Gasteiger partial charge in [0.1, 0.15) is 0 Å². The number of fused-ring (bicyclic) bond motifs is 7. The van der Waals surface area contributed by atoms with Crippen molar-refractivity contribution in [2.75, 3.05) is 0 Å². The molecule has 0 unspecified atom stereocenters. The molecule has 298 valence electrons. The van der Waals surface area contributed by atoms with Crippen molar-refractivity contribution < 1.29 is 0 Å². The van der Waals surface area contributed by atoms with E-state index in [-0.39, 0.29) is 0 Å². The Hall–Kier alpha value is -8.53. The fourth-order valence-corrected chi connectivity index (χ4v) is 9.38. The Morgan fingerprint density at radius 2 is 0.609 bits per heavy atom. The lowest BCUT2D eigenvalue weighted by atomic mass is 9.88. The minimum Gasteiger partial charge on any atom is -0.208 e. The molecule has 0 fully saturated rings. The number of benzene rings is 11. The third-order valence-corrected chi connectivity index (χ3v) is 12.5. The van der Waals surface area contributed by atoms with Gasteiger partial charge in [0.2, 0.25) is 0 Å². The fraction of sp³-hybridized carbons (Fsp3) is 0. The highest BCUT2D eigenvalue weighted by atomic mass is 15.0. The molecule has 11 aromatic carbocycles. The van der Waals surface area contributed by atoms with Crippen LogP contribution in [0.4, 0.5) is 0 Å². The Morgan fingerprint density at radius 1 is 0.203 bits per heavy atom. The van der Waals surface area contributed by atoms with Crippen LogP contribution in [0.3, 0.4) is 0 Å². The largest absolute Gasteiger partial charge is 0.208 e. The smallest absolute Gasteiger partial charge is 0.164 e. The Balaban J connectivity index is 0.956. The molecule has 0 atom stereocenters. The van der Waals surface area contributed by atoms with E-state index < -0.39 is 0 Å². The van der Waals surface area contributed by atoms with Crippen LogP contribution in [0.5, 0.6) is 0 Å². The number of hydrogen-bond donors (Lipinski definition) is 0. The van der Waals surface area contributed by atoms with E-state index in [1.165, 1.54) is 65.3 Å². The Labute approximate surface area is 371 Å². The number of hydrogen-bond acceptors (Lipinski definition) is 3. The minimum absolute atomic E-state index is 0.628. The van der Waals surface area contributed by atoms with E-state index in [4.69, 9.17) is 15.0 Å². The van der Waals surface area contributed by atoms with Crippen LogP contribution < -0.4 is 0 Å². The zero-order valence-corrected chi connectivity index (χ0v) is 34.9. The summed E-state index contributed by atoms with van der Waals surface area (Å²) in [5.41, 5.74) is 12.1. The molecule has 0 spiro atoms. The predicted octanol–water partition coefficient (Wildman–Crippen LogP) is 16.2. The van der Waals surface area contributed by atoms with Crippen LogP contribution in [-0.4, -0.2) is 15.0 Å². The first-order valence-electron chi connectivity index (χ1n) is 21.8. The highest BCUT2D eigenvalue weighted by molar-refractivity contribution is 6.25. The molecule has 0 amide bonds. The van der Waals surface area contributed by atoms with Gasteiger partial charge in [-0.1, -0.05) is 218 Å². The van der Waals surface area contributed by atoms with Crippen LogP contribution >= 0.6 is 0 Å². The van der Waals surface area contributed by atoms with Crippen molar-refractivity contribution in [1.82, 2.24) is 15.0 Å². The Bertz CT molecular complexity index is 3670. The SMILES string of the molecule is c1ccc(-c2cccc(-c3nc(-c4ccccc4)nc(-c4ccc(-c5ccc6ccccc6c5-c5cccc(-c6ccc7c8ccccc8c8ccccc8c7c6)c5)cc4)n3)c2)cc1. The van der Waals surface area contributed by atoms with Crippen molar-refractivity contribution >= 4 is 43.1 Å². The average molecular weight is 814 g/mol. The van der Waals surface area contributed by atoms with Crippen molar-refractivity contribution in [2.24, 2.45) is 0 Å². The van der Waals surface area contributed by atoms with Gasteiger partial charge in [0, 0.05) is 16.7 Å². The van der Waals surface area contributed by atoms with E-state index in [1.54, 1.807) is 0 Å². The molecule has 3 heteroatoms. The predicted molar refractivity (Wildman–Crippen MR) is 268 cm³/mol. The molecule has 0 saturated carbocycles. The normalized spacial score (nSPS) is 11.4. The summed E-state index contributed by atoms with van der Waals surface area (Å²) in [4.78, 5) is 15.2. The summed E-state index contributed by atoms with van der Waals surface area (Å²) in [5.74, 6) is 1.90. The first-order chi connectivity index (χ1) is 31.7. The third-order valence-electron chi connectivity index (χ3n) is 12.5. The van der Waals surface area contributed by atoms with E-state index in [1.807, 2.05) is 36.4 Å². The molecule has 3 nitrogen and oxygen atoms in total. The first kappa shape index (κ1) is 37.2. The lowest BCUT2D eigenvalue weighted by Gasteiger charge is -2.16. The van der Waals surface area contributed by atoms with E-state index in [2.05, 4.69) is 200 Å². The Kier molecular flexibility index (Phi) is 9.16. The van der Waals surface area contributed by atoms with Gasteiger partial charge < -0.3 is 0 Å². The molecule has 0 aliphatic heterocycles. The second kappa shape index (κ2) is 15.7. The van der Waals surface area contributed by atoms with Gasteiger partial charge in [-0.05, 0) is 106 Å². The molecule has 12 aromatic rings. The Morgan fingerprint density at radius 3 is 1.27 bits per heavy atom. The van der Waals surface area contributed by atoms with Crippen LogP contribution in [0.1, 0.15) is 0 Å². The molecule has 0 aliphatic rings.